The normalized spacial score (nSPS) is 16.0. The molecule has 4 rings (SSSR count). The Kier molecular flexibility index (Phi) is 5.23. The largest absolute Gasteiger partial charge is 0.492 e. The topological polar surface area (TPSA) is 50.5 Å². The average Bonchev–Trinajstić information content (AvgIpc) is 3.30. The van der Waals surface area contributed by atoms with Crippen molar-refractivity contribution >= 4 is 10.9 Å². The molecule has 0 saturated carbocycles. The van der Waals surface area contributed by atoms with Crippen molar-refractivity contribution in [2.45, 2.75) is 44.9 Å². The van der Waals surface area contributed by atoms with Gasteiger partial charge in [-0.05, 0) is 38.9 Å². The lowest BCUT2D eigenvalue weighted by molar-refractivity contribution is -0.168. The summed E-state index contributed by atoms with van der Waals surface area (Å²) in [6, 6.07) is 2.35. The lowest BCUT2D eigenvalue weighted by atomic mass is 9.97. The van der Waals surface area contributed by atoms with Gasteiger partial charge in [-0.25, -0.2) is 4.90 Å². The molecule has 0 saturated heterocycles. The van der Waals surface area contributed by atoms with E-state index in [0.29, 0.717) is 24.3 Å². The number of para-hydroxylation sites is 1. The number of alkyl halides is 2. The summed E-state index contributed by atoms with van der Waals surface area (Å²) in [5.41, 5.74) is 0.642. The molecule has 8 heteroatoms. The van der Waals surface area contributed by atoms with Crippen LogP contribution in [0.2, 0.25) is 0 Å². The number of aliphatic hydroxyl groups is 1. The Balaban J connectivity index is 1.96. The third kappa shape index (κ3) is 3.24. The third-order valence-corrected chi connectivity index (χ3v) is 5.77. The fourth-order valence-electron chi connectivity index (χ4n) is 4.15. The van der Waals surface area contributed by atoms with Crippen LogP contribution in [0.25, 0.3) is 22.0 Å². The maximum absolute atomic E-state index is 15.8. The number of hydrogen-bond donors (Lipinski definition) is 1. The van der Waals surface area contributed by atoms with Crippen LogP contribution < -0.4 is 4.74 Å². The molecule has 5 nitrogen and oxygen atoms in total. The van der Waals surface area contributed by atoms with Crippen LogP contribution >= 0.6 is 0 Å². The minimum absolute atomic E-state index is 0.0156. The molecule has 2 unspecified atom stereocenters. The minimum atomic E-state index is -3.65. The fourth-order valence-corrected chi connectivity index (χ4v) is 4.15. The molecule has 3 heterocycles. The number of pyridine rings is 1. The highest BCUT2D eigenvalue weighted by atomic mass is 19.3. The van der Waals surface area contributed by atoms with E-state index in [9.17, 15) is 5.11 Å². The van der Waals surface area contributed by atoms with Crippen LogP contribution in [0.15, 0.2) is 36.7 Å². The van der Waals surface area contributed by atoms with E-state index >= 15 is 13.3 Å². The summed E-state index contributed by atoms with van der Waals surface area (Å²) in [4.78, 5) is 4.88. The molecule has 0 aliphatic carbocycles. The molecule has 0 spiro atoms. The second-order valence-electron chi connectivity index (χ2n) is 7.88. The van der Waals surface area contributed by atoms with E-state index in [1.165, 1.54) is 32.4 Å². The van der Waals surface area contributed by atoms with Crippen molar-refractivity contribution in [2.75, 3.05) is 13.7 Å². The number of ether oxygens (including phenoxy) is 1. The van der Waals surface area contributed by atoms with Crippen LogP contribution in [0.1, 0.15) is 31.5 Å². The van der Waals surface area contributed by atoms with Crippen molar-refractivity contribution in [3.8, 4) is 16.9 Å². The highest BCUT2D eigenvalue weighted by molar-refractivity contribution is 5.99. The Morgan fingerprint density at radius 2 is 2.07 bits per heavy atom. The first kappa shape index (κ1) is 20.7. The molecule has 1 N–H and O–H groups in total. The van der Waals surface area contributed by atoms with Gasteiger partial charge in [-0.3, -0.25) is 4.98 Å². The van der Waals surface area contributed by atoms with Gasteiger partial charge in [0.15, 0.2) is 0 Å². The van der Waals surface area contributed by atoms with Gasteiger partial charge in [0, 0.05) is 41.4 Å². The van der Waals surface area contributed by atoms with Crippen LogP contribution in [0.3, 0.4) is 0 Å². The Bertz CT molecular complexity index is 1080. The van der Waals surface area contributed by atoms with Gasteiger partial charge in [0.05, 0.1) is 18.2 Å². The molecule has 0 fully saturated rings. The van der Waals surface area contributed by atoms with Crippen LogP contribution in [-0.4, -0.2) is 45.6 Å². The van der Waals surface area contributed by atoms with E-state index in [4.69, 9.17) is 4.74 Å². The molecule has 1 aliphatic heterocycles. The van der Waals surface area contributed by atoms with Crippen molar-refractivity contribution in [2.24, 2.45) is 0 Å². The molecule has 3 aromatic rings. The maximum Gasteiger partial charge on any atom is 0.349 e. The number of halogens is 3. The summed E-state index contributed by atoms with van der Waals surface area (Å²) >= 11 is 0. The number of aromatic nitrogens is 2. The summed E-state index contributed by atoms with van der Waals surface area (Å²) < 4.78 is 52.7. The summed E-state index contributed by atoms with van der Waals surface area (Å²) in [5, 5.41) is 9.93. The van der Waals surface area contributed by atoms with Crippen molar-refractivity contribution < 1.29 is 23.1 Å². The van der Waals surface area contributed by atoms with Gasteiger partial charge < -0.3 is 9.84 Å². The number of benzene rings is 1. The fraction of sp³-hybridized carbons (Fsp3) is 0.409. The Hall–Kier alpha value is -2.58. The van der Waals surface area contributed by atoms with Gasteiger partial charge in [-0.2, -0.15) is 13.6 Å². The number of nitrogens with zero attached hydrogens (tertiary/aromatic N) is 3. The lowest BCUT2D eigenvalue weighted by Gasteiger charge is -2.33. The van der Waals surface area contributed by atoms with Gasteiger partial charge in [0.1, 0.15) is 11.4 Å². The number of hydrogen-bond acceptors (Lipinski definition) is 4. The van der Waals surface area contributed by atoms with E-state index in [-0.39, 0.29) is 27.7 Å². The summed E-state index contributed by atoms with van der Waals surface area (Å²) in [7, 11) is 1.23. The second-order valence-corrected chi connectivity index (χ2v) is 7.88. The number of rotatable bonds is 6. The molecule has 1 aromatic carbocycles. The Morgan fingerprint density at radius 3 is 2.80 bits per heavy atom. The van der Waals surface area contributed by atoms with Crippen LogP contribution in [-0.2, 0) is 12.5 Å². The Morgan fingerprint density at radius 1 is 1.30 bits per heavy atom. The molecular formula is C22H24F3N3O2. The highest BCUT2D eigenvalue weighted by Gasteiger charge is 2.46. The van der Waals surface area contributed by atoms with Gasteiger partial charge in [-0.15, -0.1) is 0 Å². The minimum Gasteiger partial charge on any atom is -0.492 e. The van der Waals surface area contributed by atoms with Crippen molar-refractivity contribution in [3.05, 3.63) is 47.9 Å². The SMILES string of the molecule is CC(O)CC(C)N(C)C(F)(F)c1c(-c2cccc3c2OCC3)c2cnccc2n1F. The molecule has 2 aromatic heterocycles. The quantitative estimate of drug-likeness (QED) is 0.598. The van der Waals surface area contributed by atoms with Crippen LogP contribution in [0.5, 0.6) is 5.75 Å². The monoisotopic (exact) mass is 419 g/mol. The van der Waals surface area contributed by atoms with E-state index in [1.807, 2.05) is 6.07 Å². The number of fused-ring (bicyclic) bond motifs is 2. The van der Waals surface area contributed by atoms with E-state index in [2.05, 4.69) is 4.98 Å². The predicted octanol–water partition coefficient (Wildman–Crippen LogP) is 4.51. The second kappa shape index (κ2) is 7.59. The van der Waals surface area contributed by atoms with Gasteiger partial charge in [0.25, 0.3) is 0 Å². The van der Waals surface area contributed by atoms with E-state index in [0.717, 1.165) is 10.5 Å². The molecule has 0 radical (unpaired) electrons. The molecule has 30 heavy (non-hydrogen) atoms. The lowest BCUT2D eigenvalue weighted by Crippen LogP contribution is -2.44. The molecule has 0 bridgehead atoms. The smallest absolute Gasteiger partial charge is 0.349 e. The number of aliphatic hydroxyl groups excluding tert-OH is 1. The molecule has 160 valence electrons. The summed E-state index contributed by atoms with van der Waals surface area (Å²) in [6.45, 7) is 3.57. The maximum atomic E-state index is 15.8. The molecule has 2 atom stereocenters. The zero-order valence-electron chi connectivity index (χ0n) is 17.1. The zero-order chi connectivity index (χ0) is 21.6. The molecule has 0 amide bonds. The highest BCUT2D eigenvalue weighted by Crippen LogP contribution is 2.48. The van der Waals surface area contributed by atoms with Crippen LogP contribution in [0, 0.1) is 0 Å². The molecule has 1 aliphatic rings. The van der Waals surface area contributed by atoms with Gasteiger partial charge in [0.2, 0.25) is 0 Å². The van der Waals surface area contributed by atoms with E-state index < -0.39 is 23.9 Å². The predicted molar refractivity (Wildman–Crippen MR) is 108 cm³/mol. The van der Waals surface area contributed by atoms with Crippen molar-refractivity contribution in [1.29, 1.82) is 0 Å². The summed E-state index contributed by atoms with van der Waals surface area (Å²) in [6.07, 6.45) is 2.81. The average molecular weight is 419 g/mol. The first-order valence-corrected chi connectivity index (χ1v) is 9.92. The zero-order valence-corrected chi connectivity index (χ0v) is 17.1. The first-order valence-electron chi connectivity index (χ1n) is 9.92. The van der Waals surface area contributed by atoms with E-state index in [1.54, 1.807) is 19.1 Å². The first-order chi connectivity index (χ1) is 14.2. The van der Waals surface area contributed by atoms with Gasteiger partial charge in [-0.1, -0.05) is 22.7 Å². The van der Waals surface area contributed by atoms with Crippen LogP contribution in [0.4, 0.5) is 13.3 Å². The standard InChI is InChI=1S/C22H24F3N3O2/c1-13(11-14(2)29)27(3)22(23,24)21-19(17-12-26-9-7-18(17)28(21)25)16-6-4-5-15-8-10-30-20(15)16/h4-7,9,12-14,29H,8,10-11H2,1-3H3. The summed E-state index contributed by atoms with van der Waals surface area (Å²) in [5.74, 6) is 0.505. The van der Waals surface area contributed by atoms with Gasteiger partial charge >= 0.3 is 6.05 Å². The Labute approximate surface area is 172 Å². The van der Waals surface area contributed by atoms with Crippen molar-refractivity contribution in [3.63, 3.8) is 0 Å². The molecular weight excluding hydrogens is 395 g/mol. The third-order valence-electron chi connectivity index (χ3n) is 5.77. The van der Waals surface area contributed by atoms with Crippen molar-refractivity contribution in [1.82, 2.24) is 14.7 Å².